The Balaban J connectivity index is 1.42. The first-order valence-electron chi connectivity index (χ1n) is 9.84. The number of carbonyl (C=O) groups excluding carboxylic acids is 1. The number of pyridine rings is 1. The Bertz CT molecular complexity index is 758. The van der Waals surface area contributed by atoms with Crippen molar-refractivity contribution in [1.29, 1.82) is 0 Å². The fourth-order valence-corrected chi connectivity index (χ4v) is 4.49. The number of halogens is 1. The van der Waals surface area contributed by atoms with Gasteiger partial charge in [-0.2, -0.15) is 0 Å². The standard InChI is InChI=1S/C22H28FN3OS/c1-25(22(27)17-28-20-8-11-24-12-9-20)15-18-5-4-13-26(16-18)14-10-19-6-2-3-7-21(19)23/h2-3,6-9,11-12,18H,4-5,10,13-17H2,1H3/t18-/m0/s1. The molecule has 1 atom stereocenters. The second-order valence-corrected chi connectivity index (χ2v) is 8.44. The van der Waals surface area contributed by atoms with E-state index in [1.807, 2.05) is 36.2 Å². The molecule has 3 rings (SSSR count). The monoisotopic (exact) mass is 401 g/mol. The van der Waals surface area contributed by atoms with Crippen LogP contribution in [-0.4, -0.2) is 59.7 Å². The van der Waals surface area contributed by atoms with E-state index in [1.165, 1.54) is 6.07 Å². The predicted molar refractivity (Wildman–Crippen MR) is 112 cm³/mol. The van der Waals surface area contributed by atoms with E-state index in [-0.39, 0.29) is 11.7 Å². The van der Waals surface area contributed by atoms with E-state index in [9.17, 15) is 9.18 Å². The minimum absolute atomic E-state index is 0.118. The van der Waals surface area contributed by atoms with Crippen LogP contribution in [0.3, 0.4) is 0 Å². The second-order valence-electron chi connectivity index (χ2n) is 7.40. The van der Waals surface area contributed by atoms with Crippen molar-refractivity contribution in [3.8, 4) is 0 Å². The quantitative estimate of drug-likeness (QED) is 0.632. The van der Waals surface area contributed by atoms with Crippen molar-refractivity contribution in [2.75, 3.05) is 39.0 Å². The molecule has 1 aliphatic rings. The molecule has 1 saturated heterocycles. The average molecular weight is 402 g/mol. The second kappa shape index (κ2) is 10.6. The van der Waals surface area contributed by atoms with Crippen molar-refractivity contribution < 1.29 is 9.18 Å². The summed E-state index contributed by atoms with van der Waals surface area (Å²) in [5.74, 6) is 0.970. The maximum absolute atomic E-state index is 13.8. The van der Waals surface area contributed by atoms with Crippen molar-refractivity contribution >= 4 is 17.7 Å². The first kappa shape index (κ1) is 20.8. The Morgan fingerprint density at radius 3 is 2.86 bits per heavy atom. The fourth-order valence-electron chi connectivity index (χ4n) is 3.66. The normalized spacial score (nSPS) is 17.4. The summed E-state index contributed by atoms with van der Waals surface area (Å²) < 4.78 is 13.8. The molecular formula is C22H28FN3OS. The molecule has 150 valence electrons. The molecule has 0 radical (unpaired) electrons. The topological polar surface area (TPSA) is 36.4 Å². The third-order valence-corrected chi connectivity index (χ3v) is 6.22. The van der Waals surface area contributed by atoms with Crippen molar-refractivity contribution in [1.82, 2.24) is 14.8 Å². The lowest BCUT2D eigenvalue weighted by molar-refractivity contribution is -0.127. The van der Waals surface area contributed by atoms with Crippen LogP contribution in [0.25, 0.3) is 0 Å². The summed E-state index contributed by atoms with van der Waals surface area (Å²) in [6.07, 6.45) is 6.50. The molecule has 0 bridgehead atoms. The molecule has 0 aliphatic carbocycles. The van der Waals surface area contributed by atoms with Gasteiger partial charge in [-0.1, -0.05) is 18.2 Å². The van der Waals surface area contributed by atoms with E-state index in [4.69, 9.17) is 0 Å². The average Bonchev–Trinajstić information content (AvgIpc) is 2.72. The highest BCUT2D eigenvalue weighted by atomic mass is 32.2. The highest BCUT2D eigenvalue weighted by molar-refractivity contribution is 8.00. The predicted octanol–water partition coefficient (Wildman–Crippen LogP) is 3.73. The molecule has 1 fully saturated rings. The van der Waals surface area contributed by atoms with Gasteiger partial charge in [0.15, 0.2) is 0 Å². The summed E-state index contributed by atoms with van der Waals surface area (Å²) in [7, 11) is 1.90. The van der Waals surface area contributed by atoms with E-state index < -0.39 is 0 Å². The zero-order valence-electron chi connectivity index (χ0n) is 16.4. The summed E-state index contributed by atoms with van der Waals surface area (Å²) >= 11 is 1.55. The van der Waals surface area contributed by atoms with Crippen LogP contribution in [-0.2, 0) is 11.2 Å². The minimum atomic E-state index is -0.118. The van der Waals surface area contributed by atoms with Crippen molar-refractivity contribution in [3.05, 3.63) is 60.2 Å². The van der Waals surface area contributed by atoms with Crippen LogP contribution in [0.5, 0.6) is 0 Å². The Morgan fingerprint density at radius 2 is 2.07 bits per heavy atom. The first-order valence-corrected chi connectivity index (χ1v) is 10.8. The number of nitrogens with zero attached hydrogens (tertiary/aromatic N) is 3. The number of piperidine rings is 1. The van der Waals surface area contributed by atoms with Crippen LogP contribution < -0.4 is 0 Å². The van der Waals surface area contributed by atoms with E-state index in [0.29, 0.717) is 11.7 Å². The van der Waals surface area contributed by atoms with Gasteiger partial charge in [-0.25, -0.2) is 4.39 Å². The lowest BCUT2D eigenvalue weighted by Gasteiger charge is -2.34. The Labute approximate surface area is 171 Å². The minimum Gasteiger partial charge on any atom is -0.345 e. The molecule has 1 aromatic heterocycles. The largest absolute Gasteiger partial charge is 0.345 e. The van der Waals surface area contributed by atoms with Gasteiger partial charge in [-0.15, -0.1) is 11.8 Å². The van der Waals surface area contributed by atoms with Gasteiger partial charge in [0.1, 0.15) is 5.82 Å². The highest BCUT2D eigenvalue weighted by Crippen LogP contribution is 2.20. The van der Waals surface area contributed by atoms with Gasteiger partial charge >= 0.3 is 0 Å². The molecule has 1 amide bonds. The maximum Gasteiger partial charge on any atom is 0.232 e. The van der Waals surface area contributed by atoms with Crippen LogP contribution >= 0.6 is 11.8 Å². The van der Waals surface area contributed by atoms with Crippen LogP contribution in [0.1, 0.15) is 18.4 Å². The molecule has 1 aliphatic heterocycles. The number of hydrogen-bond acceptors (Lipinski definition) is 4. The Kier molecular flexibility index (Phi) is 7.86. The van der Waals surface area contributed by atoms with E-state index in [0.717, 1.165) is 55.9 Å². The zero-order valence-corrected chi connectivity index (χ0v) is 17.2. The SMILES string of the molecule is CN(C[C@@H]1CCCN(CCc2ccccc2F)C1)C(=O)CSc1ccncc1. The summed E-state index contributed by atoms with van der Waals surface area (Å²) in [6.45, 7) is 3.68. The first-order chi connectivity index (χ1) is 13.6. The molecule has 0 unspecified atom stereocenters. The molecule has 28 heavy (non-hydrogen) atoms. The molecular weight excluding hydrogens is 373 g/mol. The Morgan fingerprint density at radius 1 is 1.29 bits per heavy atom. The number of hydrogen-bond donors (Lipinski definition) is 0. The fraction of sp³-hybridized carbons (Fsp3) is 0.455. The third-order valence-electron chi connectivity index (χ3n) is 5.23. The molecule has 1 aromatic carbocycles. The molecule has 0 saturated carbocycles. The number of rotatable bonds is 8. The summed E-state index contributed by atoms with van der Waals surface area (Å²) in [4.78, 5) is 21.8. The van der Waals surface area contributed by atoms with E-state index in [2.05, 4.69) is 9.88 Å². The lowest BCUT2D eigenvalue weighted by Crippen LogP contribution is -2.42. The zero-order chi connectivity index (χ0) is 19.8. The summed E-state index contributed by atoms with van der Waals surface area (Å²) in [5.41, 5.74) is 0.782. The third kappa shape index (κ3) is 6.31. The van der Waals surface area contributed by atoms with Crippen molar-refractivity contribution in [2.45, 2.75) is 24.2 Å². The van der Waals surface area contributed by atoms with Gasteiger partial charge in [0.25, 0.3) is 0 Å². The number of likely N-dealkylation sites (tertiary alicyclic amines) is 1. The molecule has 6 heteroatoms. The molecule has 4 nitrogen and oxygen atoms in total. The summed E-state index contributed by atoms with van der Waals surface area (Å²) in [5, 5.41) is 0. The Hall–Kier alpha value is -1.92. The molecule has 2 heterocycles. The van der Waals surface area contributed by atoms with E-state index >= 15 is 0 Å². The van der Waals surface area contributed by atoms with Gasteiger partial charge in [0.2, 0.25) is 5.91 Å². The van der Waals surface area contributed by atoms with Crippen LogP contribution in [0.15, 0.2) is 53.7 Å². The van der Waals surface area contributed by atoms with Crippen LogP contribution in [0.2, 0.25) is 0 Å². The van der Waals surface area contributed by atoms with Gasteiger partial charge < -0.3 is 9.80 Å². The maximum atomic E-state index is 13.8. The van der Waals surface area contributed by atoms with Gasteiger partial charge in [-0.3, -0.25) is 9.78 Å². The van der Waals surface area contributed by atoms with Crippen LogP contribution in [0.4, 0.5) is 4.39 Å². The number of benzene rings is 1. The number of carbonyl (C=O) groups is 1. The summed E-state index contributed by atoms with van der Waals surface area (Å²) in [6, 6.07) is 10.9. The smallest absolute Gasteiger partial charge is 0.232 e. The highest BCUT2D eigenvalue weighted by Gasteiger charge is 2.22. The molecule has 0 spiro atoms. The van der Waals surface area contributed by atoms with Gasteiger partial charge in [0, 0.05) is 44.0 Å². The van der Waals surface area contributed by atoms with Crippen molar-refractivity contribution in [2.24, 2.45) is 5.92 Å². The molecule has 0 N–H and O–H groups in total. The van der Waals surface area contributed by atoms with Crippen molar-refractivity contribution in [3.63, 3.8) is 0 Å². The molecule has 2 aromatic rings. The lowest BCUT2D eigenvalue weighted by atomic mass is 9.97. The van der Waals surface area contributed by atoms with Crippen LogP contribution in [0, 0.1) is 11.7 Å². The number of amides is 1. The van der Waals surface area contributed by atoms with E-state index in [1.54, 1.807) is 30.2 Å². The van der Waals surface area contributed by atoms with Gasteiger partial charge in [0.05, 0.1) is 5.75 Å². The van der Waals surface area contributed by atoms with Gasteiger partial charge in [-0.05, 0) is 55.5 Å². The number of thioether (sulfide) groups is 1. The number of aromatic nitrogens is 1.